The summed E-state index contributed by atoms with van der Waals surface area (Å²) in [5.74, 6) is 0.758. The van der Waals surface area contributed by atoms with Gasteiger partial charge in [-0.3, -0.25) is 4.79 Å². The minimum atomic E-state index is -0.0981. The summed E-state index contributed by atoms with van der Waals surface area (Å²) in [6.07, 6.45) is 4.50. The van der Waals surface area contributed by atoms with Gasteiger partial charge in [0, 0.05) is 13.1 Å². The highest BCUT2D eigenvalue weighted by atomic mass is 16.5. The van der Waals surface area contributed by atoms with E-state index in [0.29, 0.717) is 6.04 Å². The molecule has 0 saturated heterocycles. The van der Waals surface area contributed by atoms with Crippen LogP contribution < -0.4 is 15.4 Å². The van der Waals surface area contributed by atoms with Gasteiger partial charge in [0.25, 0.3) is 5.91 Å². The number of carbonyl (C=O) groups excluding carboxylic acids is 1. The largest absolute Gasteiger partial charge is 0.483 e. The van der Waals surface area contributed by atoms with Gasteiger partial charge in [0.2, 0.25) is 0 Å². The third-order valence-corrected chi connectivity index (χ3v) is 3.74. The maximum atomic E-state index is 11.3. The average molecular weight is 276 g/mol. The molecule has 0 aromatic heterocycles. The van der Waals surface area contributed by atoms with Crippen LogP contribution >= 0.6 is 0 Å². The van der Waals surface area contributed by atoms with Crippen molar-refractivity contribution in [1.29, 1.82) is 0 Å². The van der Waals surface area contributed by atoms with E-state index in [-0.39, 0.29) is 12.5 Å². The Hall–Kier alpha value is -1.55. The molecule has 2 rings (SSSR count). The molecule has 0 fully saturated rings. The fourth-order valence-corrected chi connectivity index (χ4v) is 2.70. The van der Waals surface area contributed by atoms with Crippen molar-refractivity contribution in [1.82, 2.24) is 10.6 Å². The van der Waals surface area contributed by atoms with Crippen LogP contribution in [0.2, 0.25) is 0 Å². The molecule has 1 aliphatic rings. The zero-order valence-electron chi connectivity index (χ0n) is 12.4. The average Bonchev–Trinajstić information content (AvgIpc) is 2.50. The summed E-state index contributed by atoms with van der Waals surface area (Å²) in [6.45, 7) is 3.30. The molecule has 4 nitrogen and oxygen atoms in total. The van der Waals surface area contributed by atoms with Gasteiger partial charge < -0.3 is 15.4 Å². The molecule has 110 valence electrons. The predicted octanol–water partition coefficient (Wildman–Crippen LogP) is 2.19. The number of amides is 1. The zero-order chi connectivity index (χ0) is 14.4. The number of rotatable bonds is 6. The molecule has 0 radical (unpaired) electrons. The van der Waals surface area contributed by atoms with Crippen LogP contribution in [-0.2, 0) is 11.2 Å². The van der Waals surface area contributed by atoms with Gasteiger partial charge >= 0.3 is 0 Å². The SMILES string of the molecule is CCCNC1CCCc2c(OCC(=O)NC)cccc21. The van der Waals surface area contributed by atoms with E-state index < -0.39 is 0 Å². The maximum Gasteiger partial charge on any atom is 0.257 e. The molecular formula is C16H24N2O2. The Bertz CT molecular complexity index is 460. The summed E-state index contributed by atoms with van der Waals surface area (Å²) in [7, 11) is 1.62. The lowest BCUT2D eigenvalue weighted by Gasteiger charge is -2.28. The molecule has 1 unspecified atom stereocenters. The predicted molar refractivity (Wildman–Crippen MR) is 80.0 cm³/mol. The van der Waals surface area contributed by atoms with Crippen LogP contribution in [0.4, 0.5) is 0 Å². The van der Waals surface area contributed by atoms with Crippen LogP contribution in [-0.4, -0.2) is 26.1 Å². The van der Waals surface area contributed by atoms with Crippen LogP contribution in [0.15, 0.2) is 18.2 Å². The number of nitrogens with one attached hydrogen (secondary N) is 2. The molecule has 1 aromatic carbocycles. The van der Waals surface area contributed by atoms with Gasteiger partial charge in [-0.05, 0) is 49.4 Å². The molecule has 1 aromatic rings. The first-order valence-corrected chi connectivity index (χ1v) is 7.44. The molecule has 0 aliphatic heterocycles. The maximum absolute atomic E-state index is 11.3. The quantitative estimate of drug-likeness (QED) is 0.837. The first kappa shape index (κ1) is 14.9. The number of ether oxygens (including phenoxy) is 1. The second-order valence-electron chi connectivity index (χ2n) is 5.18. The van der Waals surface area contributed by atoms with Crippen molar-refractivity contribution in [3.8, 4) is 5.75 Å². The number of hydrogen-bond acceptors (Lipinski definition) is 3. The summed E-state index contributed by atoms with van der Waals surface area (Å²) in [6, 6.07) is 6.57. The lowest BCUT2D eigenvalue weighted by Crippen LogP contribution is -2.27. The van der Waals surface area contributed by atoms with E-state index in [4.69, 9.17) is 4.74 Å². The number of hydrogen-bond donors (Lipinski definition) is 2. The second kappa shape index (κ2) is 7.29. The van der Waals surface area contributed by atoms with E-state index in [0.717, 1.165) is 31.6 Å². The fraction of sp³-hybridized carbons (Fsp3) is 0.562. The normalized spacial score (nSPS) is 17.4. The standard InChI is InChI=1S/C16H24N2O2/c1-3-10-18-14-8-4-7-13-12(14)6-5-9-15(13)20-11-16(19)17-2/h5-6,9,14,18H,3-4,7-8,10-11H2,1-2H3,(H,17,19). The lowest BCUT2D eigenvalue weighted by atomic mass is 9.87. The summed E-state index contributed by atoms with van der Waals surface area (Å²) < 4.78 is 5.67. The monoisotopic (exact) mass is 276 g/mol. The molecule has 4 heteroatoms. The van der Waals surface area contributed by atoms with E-state index >= 15 is 0 Å². The molecular weight excluding hydrogens is 252 g/mol. The van der Waals surface area contributed by atoms with Gasteiger partial charge in [0.15, 0.2) is 6.61 Å². The van der Waals surface area contributed by atoms with Crippen molar-refractivity contribution >= 4 is 5.91 Å². The smallest absolute Gasteiger partial charge is 0.257 e. The summed E-state index contributed by atoms with van der Waals surface area (Å²) in [5.41, 5.74) is 2.59. The minimum absolute atomic E-state index is 0.0833. The minimum Gasteiger partial charge on any atom is -0.483 e. The summed E-state index contributed by atoms with van der Waals surface area (Å²) in [4.78, 5) is 11.3. The molecule has 2 N–H and O–H groups in total. The fourth-order valence-electron chi connectivity index (χ4n) is 2.70. The molecule has 0 heterocycles. The van der Waals surface area contributed by atoms with Gasteiger partial charge in [-0.15, -0.1) is 0 Å². The van der Waals surface area contributed by atoms with E-state index in [1.54, 1.807) is 7.05 Å². The van der Waals surface area contributed by atoms with E-state index in [1.807, 2.05) is 12.1 Å². The third kappa shape index (κ3) is 3.51. The molecule has 1 atom stereocenters. The molecule has 0 bridgehead atoms. The van der Waals surface area contributed by atoms with E-state index in [2.05, 4.69) is 23.6 Å². The van der Waals surface area contributed by atoms with Crippen molar-refractivity contribution in [3.63, 3.8) is 0 Å². The highest BCUT2D eigenvalue weighted by Crippen LogP contribution is 2.35. The lowest BCUT2D eigenvalue weighted by molar-refractivity contribution is -0.122. The number of likely N-dealkylation sites (N-methyl/N-ethyl adjacent to an activating group) is 1. The molecule has 1 amide bonds. The van der Waals surface area contributed by atoms with Crippen molar-refractivity contribution < 1.29 is 9.53 Å². The third-order valence-electron chi connectivity index (χ3n) is 3.74. The highest BCUT2D eigenvalue weighted by molar-refractivity contribution is 5.77. The Labute approximate surface area is 120 Å². The van der Waals surface area contributed by atoms with Crippen LogP contribution in [0.3, 0.4) is 0 Å². The van der Waals surface area contributed by atoms with Crippen LogP contribution in [0.25, 0.3) is 0 Å². The summed E-state index contributed by atoms with van der Waals surface area (Å²) >= 11 is 0. The first-order chi connectivity index (χ1) is 9.76. The molecule has 1 aliphatic carbocycles. The first-order valence-electron chi connectivity index (χ1n) is 7.44. The zero-order valence-corrected chi connectivity index (χ0v) is 12.4. The van der Waals surface area contributed by atoms with E-state index in [1.165, 1.54) is 17.5 Å². The topological polar surface area (TPSA) is 50.4 Å². The number of carbonyl (C=O) groups is 1. The Morgan fingerprint density at radius 2 is 2.30 bits per heavy atom. The Kier molecular flexibility index (Phi) is 5.41. The summed E-state index contributed by atoms with van der Waals surface area (Å²) in [5, 5.41) is 6.17. The van der Waals surface area contributed by atoms with Crippen LogP contribution in [0, 0.1) is 0 Å². The van der Waals surface area contributed by atoms with Crippen LogP contribution in [0.1, 0.15) is 43.4 Å². The molecule has 0 spiro atoms. The van der Waals surface area contributed by atoms with Gasteiger partial charge in [0.1, 0.15) is 5.75 Å². The van der Waals surface area contributed by atoms with Crippen molar-refractivity contribution in [2.75, 3.05) is 20.2 Å². The Balaban J connectivity index is 2.13. The molecule has 0 saturated carbocycles. The molecule has 20 heavy (non-hydrogen) atoms. The van der Waals surface area contributed by atoms with Crippen LogP contribution in [0.5, 0.6) is 5.75 Å². The highest BCUT2D eigenvalue weighted by Gasteiger charge is 2.22. The Morgan fingerprint density at radius 1 is 1.45 bits per heavy atom. The van der Waals surface area contributed by atoms with Gasteiger partial charge in [-0.25, -0.2) is 0 Å². The second-order valence-corrected chi connectivity index (χ2v) is 5.18. The van der Waals surface area contributed by atoms with Crippen molar-refractivity contribution in [2.45, 2.75) is 38.6 Å². The number of benzene rings is 1. The van der Waals surface area contributed by atoms with E-state index in [9.17, 15) is 4.79 Å². The van der Waals surface area contributed by atoms with Crippen molar-refractivity contribution in [2.24, 2.45) is 0 Å². The number of fused-ring (bicyclic) bond motifs is 1. The van der Waals surface area contributed by atoms with Gasteiger partial charge in [-0.1, -0.05) is 19.1 Å². The van der Waals surface area contributed by atoms with Crippen molar-refractivity contribution in [3.05, 3.63) is 29.3 Å². The Morgan fingerprint density at radius 3 is 3.05 bits per heavy atom. The van der Waals surface area contributed by atoms with Gasteiger partial charge in [0.05, 0.1) is 0 Å². The van der Waals surface area contributed by atoms with Gasteiger partial charge in [-0.2, -0.15) is 0 Å².